The van der Waals surface area contributed by atoms with Crippen LogP contribution >= 0.6 is 0 Å². The van der Waals surface area contributed by atoms with Gasteiger partial charge in [-0.15, -0.1) is 0 Å². The number of hydrogen-bond donors (Lipinski definition) is 2. The molecule has 0 unspecified atom stereocenters. The van der Waals surface area contributed by atoms with Gasteiger partial charge in [0.15, 0.2) is 5.96 Å². The van der Waals surface area contributed by atoms with Gasteiger partial charge in [-0.2, -0.15) is 0 Å². The number of methoxy groups -OCH3 is 1. The Balaban J connectivity index is 2.10. The molecule has 0 aliphatic rings. The topological polar surface area (TPSA) is 58.1 Å². The van der Waals surface area contributed by atoms with Crippen LogP contribution in [0.4, 0.5) is 5.69 Å². The molecule has 0 saturated heterocycles. The zero-order valence-corrected chi connectivity index (χ0v) is 16.2. The van der Waals surface area contributed by atoms with Gasteiger partial charge in [0.1, 0.15) is 0 Å². The van der Waals surface area contributed by atoms with Crippen molar-refractivity contribution in [3.63, 3.8) is 0 Å². The minimum absolute atomic E-state index is 0.647. The lowest BCUT2D eigenvalue weighted by Crippen LogP contribution is -2.38. The zero-order chi connectivity index (χ0) is 18.3. The summed E-state index contributed by atoms with van der Waals surface area (Å²) in [6.45, 7) is 3.78. The van der Waals surface area contributed by atoms with Gasteiger partial charge in [-0.1, -0.05) is 12.1 Å². The predicted octanol–water partition coefficient (Wildman–Crippen LogP) is 1.90. The first-order valence-electron chi connectivity index (χ1n) is 8.95. The number of guanidine groups is 1. The molecule has 0 saturated carbocycles. The van der Waals surface area contributed by atoms with Crippen molar-refractivity contribution in [3.8, 4) is 0 Å². The van der Waals surface area contributed by atoms with Crippen LogP contribution in [-0.4, -0.2) is 67.1 Å². The summed E-state index contributed by atoms with van der Waals surface area (Å²) in [5.41, 5.74) is 2.60. The maximum Gasteiger partial charge on any atom is 0.190 e. The molecule has 0 bridgehead atoms. The molecule has 0 amide bonds. The molecule has 0 aliphatic carbocycles. The maximum absolute atomic E-state index is 5.43. The van der Waals surface area contributed by atoms with E-state index in [2.05, 4.69) is 58.9 Å². The first-order valence-corrected chi connectivity index (χ1v) is 8.95. The van der Waals surface area contributed by atoms with E-state index in [-0.39, 0.29) is 0 Å². The van der Waals surface area contributed by atoms with Gasteiger partial charge in [0, 0.05) is 53.6 Å². The molecule has 142 valence electrons. The lowest BCUT2D eigenvalue weighted by Gasteiger charge is -2.13. The fourth-order valence-corrected chi connectivity index (χ4v) is 2.31. The van der Waals surface area contributed by atoms with Crippen LogP contribution in [0.1, 0.15) is 18.4 Å². The molecule has 2 N–H and O–H groups in total. The largest absolute Gasteiger partial charge is 0.382 e. The Bertz CT molecular complexity index is 475. The van der Waals surface area contributed by atoms with Crippen molar-refractivity contribution in [1.82, 2.24) is 10.6 Å². The van der Waals surface area contributed by atoms with Crippen molar-refractivity contribution < 1.29 is 9.47 Å². The molecule has 1 aromatic carbocycles. The minimum Gasteiger partial charge on any atom is -0.382 e. The van der Waals surface area contributed by atoms with Crippen molar-refractivity contribution >= 4 is 11.6 Å². The Morgan fingerprint density at radius 3 is 2.28 bits per heavy atom. The normalized spacial score (nSPS) is 11.4. The number of aliphatic imine (C=N–C) groups is 1. The molecule has 0 spiro atoms. The van der Waals surface area contributed by atoms with Crippen LogP contribution in [0.15, 0.2) is 29.3 Å². The third-order valence-corrected chi connectivity index (χ3v) is 3.80. The fraction of sp³-hybridized carbons (Fsp3) is 0.632. The fourth-order valence-electron chi connectivity index (χ4n) is 2.31. The van der Waals surface area contributed by atoms with Crippen LogP contribution < -0.4 is 15.5 Å². The van der Waals surface area contributed by atoms with Crippen LogP contribution in [0, 0.1) is 0 Å². The molecule has 0 fully saturated rings. The number of rotatable bonds is 12. The van der Waals surface area contributed by atoms with E-state index in [0.717, 1.165) is 44.9 Å². The first-order chi connectivity index (χ1) is 12.2. The van der Waals surface area contributed by atoms with E-state index >= 15 is 0 Å². The van der Waals surface area contributed by atoms with E-state index < -0.39 is 0 Å². The summed E-state index contributed by atoms with van der Waals surface area (Å²) in [6, 6.07) is 8.73. The molecule has 0 aromatic heterocycles. The van der Waals surface area contributed by atoms with Crippen LogP contribution in [-0.2, 0) is 15.9 Å². The number of aryl methyl sites for hydroxylation is 1. The first kappa shape index (κ1) is 21.3. The predicted molar refractivity (Wildman–Crippen MR) is 106 cm³/mol. The van der Waals surface area contributed by atoms with Crippen LogP contribution in [0.5, 0.6) is 0 Å². The molecule has 0 aliphatic heterocycles. The highest BCUT2D eigenvalue weighted by Crippen LogP contribution is 2.13. The van der Waals surface area contributed by atoms with Crippen molar-refractivity contribution in [2.75, 3.05) is 66.1 Å². The maximum atomic E-state index is 5.43. The van der Waals surface area contributed by atoms with Gasteiger partial charge in [-0.3, -0.25) is 4.99 Å². The average molecular weight is 351 g/mol. The summed E-state index contributed by atoms with van der Waals surface area (Å²) in [4.78, 5) is 6.35. The van der Waals surface area contributed by atoms with E-state index in [1.165, 1.54) is 11.3 Å². The molecule has 25 heavy (non-hydrogen) atoms. The van der Waals surface area contributed by atoms with Gasteiger partial charge in [-0.05, 0) is 37.0 Å². The number of benzene rings is 1. The number of anilines is 1. The Morgan fingerprint density at radius 1 is 1.00 bits per heavy atom. The average Bonchev–Trinajstić information content (AvgIpc) is 2.63. The summed E-state index contributed by atoms with van der Waals surface area (Å²) >= 11 is 0. The summed E-state index contributed by atoms with van der Waals surface area (Å²) < 4.78 is 10.4. The SMILES string of the molecule is CN=C(NCCCOCCOC)NCCCc1ccc(N(C)C)cc1. The van der Waals surface area contributed by atoms with Gasteiger partial charge < -0.3 is 25.0 Å². The number of nitrogens with zero attached hydrogens (tertiary/aromatic N) is 2. The molecule has 1 rings (SSSR count). The van der Waals surface area contributed by atoms with E-state index in [1.807, 2.05) is 0 Å². The highest BCUT2D eigenvalue weighted by Gasteiger charge is 1.99. The lowest BCUT2D eigenvalue weighted by atomic mass is 10.1. The summed E-state index contributed by atoms with van der Waals surface area (Å²) in [7, 11) is 7.59. The highest BCUT2D eigenvalue weighted by molar-refractivity contribution is 5.79. The van der Waals surface area contributed by atoms with E-state index in [0.29, 0.717) is 13.2 Å². The zero-order valence-electron chi connectivity index (χ0n) is 16.2. The molecule has 1 aromatic rings. The van der Waals surface area contributed by atoms with Gasteiger partial charge in [0.25, 0.3) is 0 Å². The molecule has 6 nitrogen and oxygen atoms in total. The van der Waals surface area contributed by atoms with Gasteiger partial charge >= 0.3 is 0 Å². The third kappa shape index (κ3) is 9.94. The van der Waals surface area contributed by atoms with E-state index in [1.54, 1.807) is 14.2 Å². The Labute approximate surface area is 152 Å². The second-order valence-corrected chi connectivity index (χ2v) is 6.05. The molecule has 0 heterocycles. The Hall–Kier alpha value is -1.79. The van der Waals surface area contributed by atoms with Gasteiger partial charge in [0.05, 0.1) is 13.2 Å². The number of hydrogen-bond acceptors (Lipinski definition) is 4. The summed E-state index contributed by atoms with van der Waals surface area (Å²) in [5, 5.41) is 6.65. The van der Waals surface area contributed by atoms with Crippen molar-refractivity contribution in [1.29, 1.82) is 0 Å². The smallest absolute Gasteiger partial charge is 0.190 e. The highest BCUT2D eigenvalue weighted by atomic mass is 16.5. The number of ether oxygens (including phenoxy) is 2. The number of nitrogens with one attached hydrogen (secondary N) is 2. The van der Waals surface area contributed by atoms with Gasteiger partial charge in [0.2, 0.25) is 0 Å². The second-order valence-electron chi connectivity index (χ2n) is 6.05. The molecular weight excluding hydrogens is 316 g/mol. The lowest BCUT2D eigenvalue weighted by molar-refractivity contribution is 0.0698. The van der Waals surface area contributed by atoms with Gasteiger partial charge in [-0.25, -0.2) is 0 Å². The quantitative estimate of drug-likeness (QED) is 0.343. The van der Waals surface area contributed by atoms with Crippen molar-refractivity contribution in [2.45, 2.75) is 19.3 Å². The van der Waals surface area contributed by atoms with Crippen LogP contribution in [0.2, 0.25) is 0 Å². The van der Waals surface area contributed by atoms with Crippen molar-refractivity contribution in [3.05, 3.63) is 29.8 Å². The Kier molecular flexibility index (Phi) is 11.5. The molecule has 6 heteroatoms. The molecule has 0 atom stereocenters. The Morgan fingerprint density at radius 2 is 1.68 bits per heavy atom. The summed E-state index contributed by atoms with van der Waals surface area (Å²) in [5.74, 6) is 0.847. The molecular formula is C19H34N4O2. The minimum atomic E-state index is 0.647. The van der Waals surface area contributed by atoms with Crippen LogP contribution in [0.3, 0.4) is 0 Å². The van der Waals surface area contributed by atoms with E-state index in [9.17, 15) is 0 Å². The van der Waals surface area contributed by atoms with E-state index in [4.69, 9.17) is 9.47 Å². The van der Waals surface area contributed by atoms with Crippen molar-refractivity contribution in [2.24, 2.45) is 4.99 Å². The van der Waals surface area contributed by atoms with Crippen LogP contribution in [0.25, 0.3) is 0 Å². The summed E-state index contributed by atoms with van der Waals surface area (Å²) in [6.07, 6.45) is 3.08. The standard InChI is InChI=1S/C19H34N4O2/c1-20-19(22-13-6-14-25-16-15-24-4)21-12-5-7-17-8-10-18(11-9-17)23(2)3/h8-11H,5-7,12-16H2,1-4H3,(H2,20,21,22). The molecule has 0 radical (unpaired) electrons. The third-order valence-electron chi connectivity index (χ3n) is 3.80. The second kappa shape index (κ2) is 13.5. The monoisotopic (exact) mass is 350 g/mol.